The van der Waals surface area contributed by atoms with Crippen molar-refractivity contribution in [2.24, 2.45) is 0 Å². The van der Waals surface area contributed by atoms with Gasteiger partial charge >= 0.3 is 0 Å². The molecule has 1 N–H and O–H groups in total. The molecule has 1 atom stereocenters. The number of anilines is 1. The highest BCUT2D eigenvalue weighted by molar-refractivity contribution is 7.15. The quantitative estimate of drug-likeness (QED) is 0.885. The Balaban J connectivity index is 1.77. The van der Waals surface area contributed by atoms with Crippen LogP contribution in [0.15, 0.2) is 0 Å². The zero-order valence-electron chi connectivity index (χ0n) is 11.1. The first-order valence-electron chi connectivity index (χ1n) is 6.73. The van der Waals surface area contributed by atoms with Gasteiger partial charge in [-0.25, -0.2) is 4.98 Å². The van der Waals surface area contributed by atoms with E-state index in [0.717, 1.165) is 32.0 Å². The van der Waals surface area contributed by atoms with Crippen molar-refractivity contribution in [1.29, 1.82) is 0 Å². The van der Waals surface area contributed by atoms with Crippen LogP contribution in [0, 0.1) is 0 Å². The van der Waals surface area contributed by atoms with Crippen molar-refractivity contribution in [2.45, 2.75) is 37.8 Å². The molecule has 2 heterocycles. The Bertz CT molecular complexity index is 416. The Kier molecular flexibility index (Phi) is 3.54. The van der Waals surface area contributed by atoms with Gasteiger partial charge in [0, 0.05) is 37.5 Å². The summed E-state index contributed by atoms with van der Waals surface area (Å²) in [5.41, 5.74) is 1.35. The highest BCUT2D eigenvalue weighted by Gasteiger charge is 2.31. The maximum Gasteiger partial charge on any atom is 0.185 e. The van der Waals surface area contributed by atoms with E-state index >= 15 is 0 Å². The first kappa shape index (κ1) is 12.4. The largest absolute Gasteiger partial charge is 0.380 e. The molecule has 1 unspecified atom stereocenters. The summed E-state index contributed by atoms with van der Waals surface area (Å²) < 4.78 is 5.43. The number of methoxy groups -OCH3 is 1. The van der Waals surface area contributed by atoms with E-state index in [-0.39, 0.29) is 0 Å². The fourth-order valence-corrected chi connectivity index (χ4v) is 3.74. The summed E-state index contributed by atoms with van der Waals surface area (Å²) in [6.07, 6.45) is 4.14. The fourth-order valence-electron chi connectivity index (χ4n) is 2.54. The molecule has 0 spiro atoms. The number of rotatable bonds is 5. The Morgan fingerprint density at radius 2 is 2.28 bits per heavy atom. The molecule has 0 bridgehead atoms. The van der Waals surface area contributed by atoms with Crippen LogP contribution < -0.4 is 10.2 Å². The molecule has 100 valence electrons. The molecular formula is C13H21N3OS. The molecule has 1 aliphatic carbocycles. The van der Waals surface area contributed by atoms with Gasteiger partial charge in [-0.05, 0) is 26.3 Å². The first-order valence-corrected chi connectivity index (χ1v) is 7.55. The summed E-state index contributed by atoms with van der Waals surface area (Å²) in [6.45, 7) is 3.02. The highest BCUT2D eigenvalue weighted by Crippen LogP contribution is 2.44. The molecule has 1 aromatic heterocycles. The number of aromatic nitrogens is 1. The maximum atomic E-state index is 5.43. The summed E-state index contributed by atoms with van der Waals surface area (Å²) in [4.78, 5) is 8.70. The lowest BCUT2D eigenvalue weighted by Gasteiger charge is -2.13. The first-order chi connectivity index (χ1) is 8.81. The van der Waals surface area contributed by atoms with Crippen molar-refractivity contribution >= 4 is 16.5 Å². The van der Waals surface area contributed by atoms with E-state index in [4.69, 9.17) is 9.72 Å². The van der Waals surface area contributed by atoms with Gasteiger partial charge in [-0.1, -0.05) is 0 Å². The van der Waals surface area contributed by atoms with Gasteiger partial charge < -0.3 is 15.0 Å². The van der Waals surface area contributed by atoms with Crippen LogP contribution in [-0.4, -0.2) is 38.3 Å². The van der Waals surface area contributed by atoms with Crippen LogP contribution in [0.1, 0.15) is 35.8 Å². The Morgan fingerprint density at radius 1 is 1.44 bits per heavy atom. The van der Waals surface area contributed by atoms with Gasteiger partial charge in [0.25, 0.3) is 0 Å². The van der Waals surface area contributed by atoms with Gasteiger partial charge in [0.15, 0.2) is 5.13 Å². The molecule has 0 radical (unpaired) electrons. The second-order valence-corrected chi connectivity index (χ2v) is 6.26. The third kappa shape index (κ3) is 2.39. The summed E-state index contributed by atoms with van der Waals surface area (Å²) in [7, 11) is 3.81. The summed E-state index contributed by atoms with van der Waals surface area (Å²) in [5.74, 6) is 0.735. The SMILES string of the molecule is CNCc1sc(N2CCC(OC)C2)nc1C1CC1. The van der Waals surface area contributed by atoms with Gasteiger partial charge in [0.2, 0.25) is 0 Å². The van der Waals surface area contributed by atoms with Crippen molar-refractivity contribution in [3.8, 4) is 0 Å². The van der Waals surface area contributed by atoms with Crippen LogP contribution in [0.3, 0.4) is 0 Å². The van der Waals surface area contributed by atoms with Gasteiger partial charge in [0.1, 0.15) is 0 Å². The average Bonchev–Trinajstić information content (AvgIpc) is 2.96. The zero-order chi connectivity index (χ0) is 12.5. The van der Waals surface area contributed by atoms with Crippen molar-refractivity contribution in [3.63, 3.8) is 0 Å². The number of ether oxygens (including phenoxy) is 1. The predicted molar refractivity (Wildman–Crippen MR) is 74.5 cm³/mol. The van der Waals surface area contributed by atoms with E-state index in [9.17, 15) is 0 Å². The van der Waals surface area contributed by atoms with Crippen LogP contribution in [0.5, 0.6) is 0 Å². The molecule has 5 heteroatoms. The van der Waals surface area contributed by atoms with Crippen LogP contribution in [-0.2, 0) is 11.3 Å². The fraction of sp³-hybridized carbons (Fsp3) is 0.769. The Labute approximate surface area is 112 Å². The van der Waals surface area contributed by atoms with Crippen molar-refractivity contribution in [3.05, 3.63) is 10.6 Å². The molecule has 0 amide bonds. The van der Waals surface area contributed by atoms with E-state index in [1.54, 1.807) is 7.11 Å². The van der Waals surface area contributed by atoms with E-state index in [2.05, 4.69) is 10.2 Å². The Hall–Kier alpha value is -0.650. The molecule has 2 aliphatic rings. The number of thiazole rings is 1. The van der Waals surface area contributed by atoms with Gasteiger partial charge in [-0.3, -0.25) is 0 Å². The molecule has 1 aromatic rings. The zero-order valence-corrected chi connectivity index (χ0v) is 11.9. The smallest absolute Gasteiger partial charge is 0.185 e. The van der Waals surface area contributed by atoms with Crippen molar-refractivity contribution < 1.29 is 4.74 Å². The predicted octanol–water partition coefficient (Wildman–Crippen LogP) is 1.97. The highest BCUT2D eigenvalue weighted by atomic mass is 32.1. The summed E-state index contributed by atoms with van der Waals surface area (Å²) in [5, 5.41) is 4.45. The Morgan fingerprint density at radius 3 is 2.89 bits per heavy atom. The maximum absolute atomic E-state index is 5.43. The number of hydrogen-bond acceptors (Lipinski definition) is 5. The molecule has 3 rings (SSSR count). The third-order valence-electron chi connectivity index (χ3n) is 3.77. The molecule has 1 aliphatic heterocycles. The minimum Gasteiger partial charge on any atom is -0.380 e. The van der Waals surface area contributed by atoms with Crippen molar-refractivity contribution in [2.75, 3.05) is 32.1 Å². The normalized spacial score (nSPS) is 23.9. The summed E-state index contributed by atoms with van der Waals surface area (Å²) in [6, 6.07) is 0. The monoisotopic (exact) mass is 267 g/mol. The summed E-state index contributed by atoms with van der Waals surface area (Å²) >= 11 is 1.86. The van der Waals surface area contributed by atoms with E-state index in [1.807, 2.05) is 18.4 Å². The third-order valence-corrected chi connectivity index (χ3v) is 4.90. The number of nitrogens with one attached hydrogen (secondary N) is 1. The van der Waals surface area contributed by atoms with Crippen molar-refractivity contribution in [1.82, 2.24) is 10.3 Å². The van der Waals surface area contributed by atoms with Gasteiger partial charge in [-0.2, -0.15) is 0 Å². The minimum atomic E-state index is 0.381. The number of nitrogens with zero attached hydrogens (tertiary/aromatic N) is 2. The molecule has 0 aromatic carbocycles. The van der Waals surface area contributed by atoms with Crippen LogP contribution >= 0.6 is 11.3 Å². The van der Waals surface area contributed by atoms with E-state index in [0.29, 0.717) is 6.10 Å². The van der Waals surface area contributed by atoms with E-state index < -0.39 is 0 Å². The van der Waals surface area contributed by atoms with Crippen LogP contribution in [0.2, 0.25) is 0 Å². The topological polar surface area (TPSA) is 37.4 Å². The average molecular weight is 267 g/mol. The molecule has 1 saturated heterocycles. The van der Waals surface area contributed by atoms with Crippen LogP contribution in [0.25, 0.3) is 0 Å². The molecule has 2 fully saturated rings. The second-order valence-electron chi connectivity index (χ2n) is 5.20. The minimum absolute atomic E-state index is 0.381. The number of hydrogen-bond donors (Lipinski definition) is 1. The lowest BCUT2D eigenvalue weighted by atomic mass is 10.2. The molecule has 18 heavy (non-hydrogen) atoms. The van der Waals surface area contributed by atoms with Gasteiger partial charge in [-0.15, -0.1) is 11.3 Å². The molecule has 1 saturated carbocycles. The van der Waals surface area contributed by atoms with E-state index in [1.165, 1.54) is 28.5 Å². The standard InChI is InChI=1S/C13H21N3OS/c1-14-7-11-12(9-3-4-9)15-13(18-11)16-6-5-10(8-16)17-2/h9-10,14H,3-8H2,1-2H3. The lowest BCUT2D eigenvalue weighted by Crippen LogP contribution is -2.21. The molecular weight excluding hydrogens is 246 g/mol. The second kappa shape index (κ2) is 5.15. The molecule has 4 nitrogen and oxygen atoms in total. The van der Waals surface area contributed by atoms with Gasteiger partial charge in [0.05, 0.1) is 11.8 Å². The van der Waals surface area contributed by atoms with Crippen LogP contribution in [0.4, 0.5) is 5.13 Å². The lowest BCUT2D eigenvalue weighted by molar-refractivity contribution is 0.121.